The molecule has 1 aromatic rings. The van der Waals surface area contributed by atoms with Crippen LogP contribution < -0.4 is 0 Å². The quantitative estimate of drug-likeness (QED) is 0.797. The summed E-state index contributed by atoms with van der Waals surface area (Å²) in [6.45, 7) is 4.44. The van der Waals surface area contributed by atoms with Crippen LogP contribution in [0.4, 0.5) is 0 Å². The van der Waals surface area contributed by atoms with Crippen LogP contribution in [0.1, 0.15) is 41.9 Å². The van der Waals surface area contributed by atoms with Crippen LogP contribution in [0.3, 0.4) is 0 Å². The van der Waals surface area contributed by atoms with Crippen LogP contribution in [0.5, 0.6) is 0 Å². The lowest BCUT2D eigenvalue weighted by atomic mass is 9.63. The van der Waals surface area contributed by atoms with Crippen molar-refractivity contribution in [3.8, 4) is 0 Å². The molecule has 1 amide bonds. The van der Waals surface area contributed by atoms with Gasteiger partial charge in [-0.2, -0.15) is 5.10 Å². The third kappa shape index (κ3) is 2.09. The molecule has 1 saturated heterocycles. The van der Waals surface area contributed by atoms with Gasteiger partial charge in [-0.05, 0) is 26.3 Å². The second-order valence-corrected chi connectivity index (χ2v) is 7.32. The molecule has 2 fully saturated rings. The summed E-state index contributed by atoms with van der Waals surface area (Å²) in [5, 5.41) is 5.06. The van der Waals surface area contributed by atoms with E-state index in [1.807, 2.05) is 9.58 Å². The molecule has 1 aromatic heterocycles. The van der Waals surface area contributed by atoms with Crippen molar-refractivity contribution in [1.82, 2.24) is 19.6 Å². The zero-order valence-electron chi connectivity index (χ0n) is 12.4. The van der Waals surface area contributed by atoms with E-state index in [4.69, 9.17) is 11.6 Å². The third-order valence-electron chi connectivity index (χ3n) is 5.28. The lowest BCUT2D eigenvalue weighted by Gasteiger charge is -2.55. The van der Waals surface area contributed by atoms with Gasteiger partial charge in [0, 0.05) is 38.1 Å². The van der Waals surface area contributed by atoms with Crippen molar-refractivity contribution in [3.05, 3.63) is 16.4 Å². The molecule has 3 aliphatic rings. The predicted octanol–water partition coefficient (Wildman–Crippen LogP) is 2.00. The maximum atomic E-state index is 12.6. The standard InChI is InChI=1S/C15H21ClN4O/c1-18-6-3-7-20-11(8-18)12(16)13(17-20)14(21)19-9-15(10-19)4-2-5-15/h2-10H2,1H3. The highest BCUT2D eigenvalue weighted by molar-refractivity contribution is 6.34. The molecule has 0 aromatic carbocycles. The summed E-state index contributed by atoms with van der Waals surface area (Å²) in [5.41, 5.74) is 1.88. The highest BCUT2D eigenvalue weighted by Gasteiger charge is 2.49. The number of fused-ring (bicyclic) bond motifs is 1. The first kappa shape index (κ1) is 13.6. The molecule has 6 heteroatoms. The zero-order chi connectivity index (χ0) is 14.6. The molecule has 0 radical (unpaired) electrons. The monoisotopic (exact) mass is 308 g/mol. The van der Waals surface area contributed by atoms with Gasteiger partial charge < -0.3 is 9.80 Å². The van der Waals surface area contributed by atoms with Gasteiger partial charge in [0.1, 0.15) is 0 Å². The lowest BCUT2D eigenvalue weighted by Crippen LogP contribution is -2.61. The summed E-state index contributed by atoms with van der Waals surface area (Å²) in [6.07, 6.45) is 4.90. The Morgan fingerprint density at radius 1 is 1.24 bits per heavy atom. The number of carbonyl (C=O) groups excluding carboxylic acids is 1. The fourth-order valence-corrected chi connectivity index (χ4v) is 4.10. The summed E-state index contributed by atoms with van der Waals surface area (Å²) in [6, 6.07) is 0. The number of hydrogen-bond donors (Lipinski definition) is 0. The van der Waals surface area contributed by atoms with Crippen molar-refractivity contribution in [2.75, 3.05) is 26.7 Å². The first-order valence-electron chi connectivity index (χ1n) is 7.81. The van der Waals surface area contributed by atoms with E-state index in [-0.39, 0.29) is 5.91 Å². The van der Waals surface area contributed by atoms with Gasteiger partial charge in [0.05, 0.1) is 10.7 Å². The van der Waals surface area contributed by atoms with Crippen LogP contribution in [0.25, 0.3) is 0 Å². The van der Waals surface area contributed by atoms with Crippen molar-refractivity contribution in [3.63, 3.8) is 0 Å². The van der Waals surface area contributed by atoms with Crippen LogP contribution in [0.15, 0.2) is 0 Å². The molecule has 114 valence electrons. The molecule has 3 heterocycles. The van der Waals surface area contributed by atoms with Gasteiger partial charge in [-0.25, -0.2) is 0 Å². The highest BCUT2D eigenvalue weighted by Crippen LogP contribution is 2.48. The lowest BCUT2D eigenvalue weighted by molar-refractivity contribution is -0.0429. The summed E-state index contributed by atoms with van der Waals surface area (Å²) in [7, 11) is 2.08. The summed E-state index contributed by atoms with van der Waals surface area (Å²) in [4.78, 5) is 16.8. The van der Waals surface area contributed by atoms with Crippen molar-refractivity contribution < 1.29 is 4.79 Å². The third-order valence-corrected chi connectivity index (χ3v) is 5.68. The molecule has 0 bridgehead atoms. The summed E-state index contributed by atoms with van der Waals surface area (Å²) < 4.78 is 1.93. The molecule has 1 spiro atoms. The molecule has 1 saturated carbocycles. The fourth-order valence-electron chi connectivity index (χ4n) is 3.82. The van der Waals surface area contributed by atoms with E-state index in [9.17, 15) is 4.79 Å². The number of halogens is 1. The Morgan fingerprint density at radius 2 is 2.00 bits per heavy atom. The Bertz CT molecular complexity index is 585. The number of hydrogen-bond acceptors (Lipinski definition) is 3. The molecule has 0 N–H and O–H groups in total. The Balaban J connectivity index is 1.55. The van der Waals surface area contributed by atoms with Gasteiger partial charge in [-0.15, -0.1) is 0 Å². The highest BCUT2D eigenvalue weighted by atomic mass is 35.5. The van der Waals surface area contributed by atoms with Gasteiger partial charge in [0.2, 0.25) is 0 Å². The van der Waals surface area contributed by atoms with E-state index >= 15 is 0 Å². The number of amides is 1. The van der Waals surface area contributed by atoms with E-state index in [2.05, 4.69) is 17.0 Å². The number of aryl methyl sites for hydroxylation is 1. The van der Waals surface area contributed by atoms with E-state index in [1.165, 1.54) is 19.3 Å². The minimum absolute atomic E-state index is 0.0146. The van der Waals surface area contributed by atoms with Crippen LogP contribution in [0.2, 0.25) is 5.02 Å². The molecular weight excluding hydrogens is 288 g/mol. The van der Waals surface area contributed by atoms with Gasteiger partial charge in [-0.3, -0.25) is 9.48 Å². The predicted molar refractivity (Wildman–Crippen MR) is 80.4 cm³/mol. The van der Waals surface area contributed by atoms with E-state index < -0.39 is 0 Å². The SMILES string of the molecule is CN1CCCn2nc(C(=O)N3CC4(CCC4)C3)c(Cl)c2C1. The average molecular weight is 309 g/mol. The number of carbonyl (C=O) groups is 1. The molecule has 21 heavy (non-hydrogen) atoms. The van der Waals surface area contributed by atoms with Gasteiger partial charge in [0.15, 0.2) is 5.69 Å². The minimum atomic E-state index is 0.0146. The zero-order valence-corrected chi connectivity index (χ0v) is 13.2. The molecule has 0 atom stereocenters. The summed E-state index contributed by atoms with van der Waals surface area (Å²) >= 11 is 6.46. The molecule has 5 nitrogen and oxygen atoms in total. The van der Waals surface area contributed by atoms with Crippen LogP contribution in [-0.2, 0) is 13.1 Å². The van der Waals surface area contributed by atoms with Crippen LogP contribution in [-0.4, -0.2) is 52.2 Å². The fraction of sp³-hybridized carbons (Fsp3) is 0.733. The number of nitrogens with zero attached hydrogens (tertiary/aromatic N) is 4. The van der Waals surface area contributed by atoms with Crippen molar-refractivity contribution in [1.29, 1.82) is 0 Å². The van der Waals surface area contributed by atoms with Gasteiger partial charge >= 0.3 is 0 Å². The second kappa shape index (κ2) is 4.71. The van der Waals surface area contributed by atoms with Crippen LogP contribution >= 0.6 is 11.6 Å². The first-order chi connectivity index (χ1) is 10.1. The maximum Gasteiger partial charge on any atom is 0.275 e. The van der Waals surface area contributed by atoms with E-state index in [0.29, 0.717) is 16.1 Å². The first-order valence-corrected chi connectivity index (χ1v) is 8.19. The molecule has 4 rings (SSSR count). The van der Waals surface area contributed by atoms with E-state index in [0.717, 1.165) is 44.8 Å². The smallest absolute Gasteiger partial charge is 0.275 e. The molecule has 0 unspecified atom stereocenters. The molecule has 1 aliphatic carbocycles. The second-order valence-electron chi connectivity index (χ2n) is 6.94. The Labute approximate surface area is 129 Å². The van der Waals surface area contributed by atoms with E-state index in [1.54, 1.807) is 0 Å². The van der Waals surface area contributed by atoms with Crippen molar-refractivity contribution >= 4 is 17.5 Å². The number of likely N-dealkylation sites (tertiary alicyclic amines) is 1. The average Bonchev–Trinajstić information content (AvgIpc) is 2.53. The number of rotatable bonds is 1. The maximum absolute atomic E-state index is 12.6. The van der Waals surface area contributed by atoms with Gasteiger partial charge in [-0.1, -0.05) is 18.0 Å². The van der Waals surface area contributed by atoms with Crippen molar-refractivity contribution in [2.45, 2.75) is 38.8 Å². The summed E-state index contributed by atoms with van der Waals surface area (Å²) in [5.74, 6) is 0.0146. The normalized spacial score (nSPS) is 24.2. The van der Waals surface area contributed by atoms with Crippen LogP contribution in [0, 0.1) is 5.41 Å². The Hall–Kier alpha value is -1.07. The van der Waals surface area contributed by atoms with Gasteiger partial charge in [0.25, 0.3) is 5.91 Å². The Kier molecular flexibility index (Phi) is 3.05. The minimum Gasteiger partial charge on any atom is -0.336 e. The topological polar surface area (TPSA) is 41.4 Å². The number of aromatic nitrogens is 2. The molecular formula is C15H21ClN4O. The van der Waals surface area contributed by atoms with Crippen molar-refractivity contribution in [2.24, 2.45) is 5.41 Å². The largest absolute Gasteiger partial charge is 0.336 e. The molecule has 2 aliphatic heterocycles. The Morgan fingerprint density at radius 3 is 2.67 bits per heavy atom.